The summed E-state index contributed by atoms with van der Waals surface area (Å²) in [7, 11) is 0. The third-order valence-electron chi connectivity index (χ3n) is 5.50. The van der Waals surface area contributed by atoms with Gasteiger partial charge in [-0.2, -0.15) is 0 Å². The molecule has 2 aliphatic heterocycles. The zero-order chi connectivity index (χ0) is 20.4. The minimum Gasteiger partial charge on any atom is -0.454 e. The van der Waals surface area contributed by atoms with Crippen LogP contribution in [-0.2, 0) is 12.0 Å². The number of carbonyl (C=O) groups excluding carboxylic acids is 1. The van der Waals surface area contributed by atoms with Crippen molar-refractivity contribution in [1.29, 1.82) is 0 Å². The number of para-hydroxylation sites is 1. The molecule has 0 atom stereocenters. The number of nitrogens with zero attached hydrogens (tertiary/aromatic N) is 2. The van der Waals surface area contributed by atoms with Gasteiger partial charge in [0.1, 0.15) is 0 Å². The Morgan fingerprint density at radius 1 is 1.00 bits per heavy atom. The molecule has 0 unspecified atom stereocenters. The van der Waals surface area contributed by atoms with E-state index < -0.39 is 0 Å². The van der Waals surface area contributed by atoms with Crippen LogP contribution in [0.3, 0.4) is 0 Å². The molecule has 1 N–H and O–H groups in total. The molecule has 6 nitrogen and oxygen atoms in total. The van der Waals surface area contributed by atoms with E-state index in [2.05, 4.69) is 55.3 Å². The molecule has 0 radical (unpaired) electrons. The van der Waals surface area contributed by atoms with E-state index in [1.807, 2.05) is 23.1 Å². The third kappa shape index (κ3) is 4.26. The van der Waals surface area contributed by atoms with Crippen molar-refractivity contribution in [2.45, 2.75) is 32.7 Å². The highest BCUT2D eigenvalue weighted by Crippen LogP contribution is 2.33. The maximum atomic E-state index is 12.6. The number of piperazine rings is 1. The lowest BCUT2D eigenvalue weighted by Gasteiger charge is -2.38. The van der Waals surface area contributed by atoms with Crippen molar-refractivity contribution in [2.75, 3.05) is 37.9 Å². The number of hydrogen-bond donors (Lipinski definition) is 1. The Labute approximate surface area is 172 Å². The molecule has 154 valence electrons. The topological polar surface area (TPSA) is 54.0 Å². The molecule has 29 heavy (non-hydrogen) atoms. The summed E-state index contributed by atoms with van der Waals surface area (Å²) in [5.74, 6) is 1.50. The number of anilines is 1. The summed E-state index contributed by atoms with van der Waals surface area (Å²) in [4.78, 5) is 16.9. The Morgan fingerprint density at radius 3 is 2.48 bits per heavy atom. The SMILES string of the molecule is CC(C)(C)c1ccccc1N1CCN(C(=O)NCc2ccc3c(c2)OCO3)CC1. The summed E-state index contributed by atoms with van der Waals surface area (Å²) in [5, 5.41) is 3.02. The fraction of sp³-hybridized carbons (Fsp3) is 0.435. The van der Waals surface area contributed by atoms with Gasteiger partial charge < -0.3 is 24.6 Å². The lowest BCUT2D eigenvalue weighted by atomic mass is 9.85. The summed E-state index contributed by atoms with van der Waals surface area (Å²) in [6, 6.07) is 14.3. The molecule has 2 amide bonds. The Bertz CT molecular complexity index is 883. The van der Waals surface area contributed by atoms with Gasteiger partial charge >= 0.3 is 6.03 Å². The van der Waals surface area contributed by atoms with E-state index >= 15 is 0 Å². The van der Waals surface area contributed by atoms with Crippen LogP contribution in [-0.4, -0.2) is 43.9 Å². The fourth-order valence-electron chi connectivity index (χ4n) is 3.87. The van der Waals surface area contributed by atoms with Crippen molar-refractivity contribution in [2.24, 2.45) is 0 Å². The van der Waals surface area contributed by atoms with Crippen LogP contribution >= 0.6 is 0 Å². The maximum Gasteiger partial charge on any atom is 0.317 e. The van der Waals surface area contributed by atoms with Gasteiger partial charge in [-0.1, -0.05) is 45.0 Å². The molecular weight excluding hydrogens is 366 g/mol. The average molecular weight is 396 g/mol. The summed E-state index contributed by atoms with van der Waals surface area (Å²) < 4.78 is 10.7. The highest BCUT2D eigenvalue weighted by atomic mass is 16.7. The molecule has 0 spiro atoms. The first kappa shape index (κ1) is 19.4. The van der Waals surface area contributed by atoms with E-state index in [1.165, 1.54) is 11.3 Å². The van der Waals surface area contributed by atoms with E-state index in [0.717, 1.165) is 30.2 Å². The van der Waals surface area contributed by atoms with Crippen LogP contribution in [0, 0.1) is 0 Å². The van der Waals surface area contributed by atoms with Gasteiger partial charge in [0.25, 0.3) is 0 Å². The van der Waals surface area contributed by atoms with E-state index in [0.29, 0.717) is 19.6 Å². The lowest BCUT2D eigenvalue weighted by Crippen LogP contribution is -2.52. The van der Waals surface area contributed by atoms with E-state index in [4.69, 9.17) is 9.47 Å². The zero-order valence-corrected chi connectivity index (χ0v) is 17.4. The van der Waals surface area contributed by atoms with Crippen molar-refractivity contribution in [3.63, 3.8) is 0 Å². The second-order valence-corrected chi connectivity index (χ2v) is 8.59. The van der Waals surface area contributed by atoms with Crippen LogP contribution in [0.1, 0.15) is 31.9 Å². The highest BCUT2D eigenvalue weighted by molar-refractivity contribution is 5.74. The minimum atomic E-state index is -0.0218. The van der Waals surface area contributed by atoms with Crippen molar-refractivity contribution in [3.8, 4) is 11.5 Å². The Kier molecular flexibility index (Phi) is 5.26. The molecule has 0 bridgehead atoms. The number of carbonyl (C=O) groups is 1. The first-order valence-corrected chi connectivity index (χ1v) is 10.2. The number of fused-ring (bicyclic) bond motifs is 1. The molecule has 2 aromatic carbocycles. The van der Waals surface area contributed by atoms with Crippen LogP contribution < -0.4 is 19.7 Å². The average Bonchev–Trinajstić information content (AvgIpc) is 3.19. The second-order valence-electron chi connectivity index (χ2n) is 8.59. The van der Waals surface area contributed by atoms with Gasteiger partial charge in [-0.05, 0) is 34.7 Å². The Balaban J connectivity index is 1.32. The molecule has 0 aromatic heterocycles. The molecule has 2 heterocycles. The molecule has 0 saturated carbocycles. The minimum absolute atomic E-state index is 0.0218. The molecule has 2 aliphatic rings. The summed E-state index contributed by atoms with van der Waals surface area (Å²) in [6.07, 6.45) is 0. The van der Waals surface area contributed by atoms with Gasteiger partial charge in [-0.3, -0.25) is 0 Å². The molecule has 2 aromatic rings. The highest BCUT2D eigenvalue weighted by Gasteiger charge is 2.25. The van der Waals surface area contributed by atoms with Crippen LogP contribution in [0.2, 0.25) is 0 Å². The second kappa shape index (κ2) is 7.85. The predicted octanol–water partition coefficient (Wildman–Crippen LogP) is 3.74. The molecule has 0 aliphatic carbocycles. The largest absolute Gasteiger partial charge is 0.454 e. The summed E-state index contributed by atoms with van der Waals surface area (Å²) >= 11 is 0. The first-order valence-electron chi connectivity index (χ1n) is 10.2. The number of urea groups is 1. The van der Waals surface area contributed by atoms with E-state index in [1.54, 1.807) is 0 Å². The van der Waals surface area contributed by atoms with Crippen LogP contribution in [0.25, 0.3) is 0 Å². The van der Waals surface area contributed by atoms with Crippen LogP contribution in [0.5, 0.6) is 11.5 Å². The number of hydrogen-bond acceptors (Lipinski definition) is 4. The molecule has 1 fully saturated rings. The number of ether oxygens (including phenoxy) is 2. The standard InChI is InChI=1S/C23H29N3O3/c1-23(2,3)18-6-4-5-7-19(18)25-10-12-26(13-11-25)22(27)24-15-17-8-9-20-21(14-17)29-16-28-20/h4-9,14H,10-13,15-16H2,1-3H3,(H,24,27). The summed E-state index contributed by atoms with van der Waals surface area (Å²) in [6.45, 7) is 10.6. The normalized spacial score (nSPS) is 16.1. The number of amides is 2. The Hall–Kier alpha value is -2.89. The van der Waals surface area contributed by atoms with Crippen LogP contribution in [0.15, 0.2) is 42.5 Å². The van der Waals surface area contributed by atoms with Gasteiger partial charge in [0, 0.05) is 38.4 Å². The molecule has 1 saturated heterocycles. The summed E-state index contributed by atoms with van der Waals surface area (Å²) in [5.41, 5.74) is 3.72. The number of rotatable bonds is 3. The van der Waals surface area contributed by atoms with E-state index in [9.17, 15) is 4.79 Å². The molecule has 4 rings (SSSR count). The van der Waals surface area contributed by atoms with Crippen LogP contribution in [0.4, 0.5) is 10.5 Å². The van der Waals surface area contributed by atoms with Gasteiger partial charge in [0.2, 0.25) is 6.79 Å². The lowest BCUT2D eigenvalue weighted by molar-refractivity contribution is 0.174. The smallest absolute Gasteiger partial charge is 0.317 e. The quantitative estimate of drug-likeness (QED) is 0.860. The molecule has 6 heteroatoms. The Morgan fingerprint density at radius 2 is 1.72 bits per heavy atom. The van der Waals surface area contributed by atoms with Crippen molar-refractivity contribution in [3.05, 3.63) is 53.6 Å². The monoisotopic (exact) mass is 395 g/mol. The van der Waals surface area contributed by atoms with Crippen molar-refractivity contribution in [1.82, 2.24) is 10.2 Å². The maximum absolute atomic E-state index is 12.6. The first-order chi connectivity index (χ1) is 13.9. The fourth-order valence-corrected chi connectivity index (χ4v) is 3.87. The van der Waals surface area contributed by atoms with Gasteiger partial charge in [0.05, 0.1) is 0 Å². The zero-order valence-electron chi connectivity index (χ0n) is 17.4. The van der Waals surface area contributed by atoms with Crippen molar-refractivity contribution < 1.29 is 14.3 Å². The van der Waals surface area contributed by atoms with Gasteiger partial charge in [-0.25, -0.2) is 4.79 Å². The van der Waals surface area contributed by atoms with Crippen molar-refractivity contribution >= 4 is 11.7 Å². The molecular formula is C23H29N3O3. The van der Waals surface area contributed by atoms with Gasteiger partial charge in [-0.15, -0.1) is 0 Å². The third-order valence-corrected chi connectivity index (χ3v) is 5.50. The number of benzene rings is 2. The predicted molar refractivity (Wildman–Crippen MR) is 114 cm³/mol. The van der Waals surface area contributed by atoms with E-state index in [-0.39, 0.29) is 18.2 Å². The number of nitrogens with one attached hydrogen (secondary N) is 1. The van der Waals surface area contributed by atoms with Gasteiger partial charge in [0.15, 0.2) is 11.5 Å².